The molecule has 1 amide bonds. The summed E-state index contributed by atoms with van der Waals surface area (Å²) in [5.41, 5.74) is 0. The molecule has 0 aromatic heterocycles. The lowest BCUT2D eigenvalue weighted by Gasteiger charge is -2.17. The van der Waals surface area contributed by atoms with Crippen LogP contribution in [0.15, 0.2) is 0 Å². The number of ether oxygens (including phenoxy) is 2. The quantitative estimate of drug-likeness (QED) is 0.563. The Bertz CT molecular complexity index is 205. The monoisotopic (exact) mass is 261 g/mol. The second-order valence-corrected chi connectivity index (χ2v) is 3.72. The minimum atomic E-state index is -0.286. The molecule has 1 aliphatic rings. The Kier molecular flexibility index (Phi) is 4.91. The molecule has 2 radical (unpaired) electrons. The van der Waals surface area contributed by atoms with Crippen molar-refractivity contribution in [3.8, 4) is 0 Å². The molecule has 1 N–H and O–H groups in total. The number of carbonyl (C=O) groups excluding carboxylic acids is 1. The SMILES string of the molecule is [B][C@H]1CC(OC)[C@@H](CNC(=O)CBr)O1. The molecule has 1 unspecified atom stereocenters. The molecule has 0 spiro atoms. The molecular weight excluding hydrogens is 249 g/mol. The van der Waals surface area contributed by atoms with Gasteiger partial charge in [0.25, 0.3) is 0 Å². The van der Waals surface area contributed by atoms with Gasteiger partial charge in [-0.3, -0.25) is 4.79 Å². The van der Waals surface area contributed by atoms with Crippen molar-refractivity contribution in [1.82, 2.24) is 5.32 Å². The molecule has 0 aromatic carbocycles. The first-order valence-electron chi connectivity index (χ1n) is 4.44. The van der Waals surface area contributed by atoms with Gasteiger partial charge >= 0.3 is 0 Å². The number of rotatable bonds is 4. The zero-order valence-corrected chi connectivity index (χ0v) is 9.62. The van der Waals surface area contributed by atoms with E-state index in [0.717, 1.165) is 0 Å². The van der Waals surface area contributed by atoms with Gasteiger partial charge in [0, 0.05) is 19.7 Å². The van der Waals surface area contributed by atoms with Crippen LogP contribution in [-0.2, 0) is 14.3 Å². The van der Waals surface area contributed by atoms with Crippen LogP contribution < -0.4 is 5.32 Å². The van der Waals surface area contributed by atoms with Gasteiger partial charge in [0.05, 0.1) is 11.4 Å². The minimum Gasteiger partial charge on any atom is -0.380 e. The molecule has 1 fully saturated rings. The van der Waals surface area contributed by atoms with E-state index >= 15 is 0 Å². The summed E-state index contributed by atoms with van der Waals surface area (Å²) >= 11 is 3.06. The second kappa shape index (κ2) is 5.73. The molecule has 14 heavy (non-hydrogen) atoms. The fraction of sp³-hybridized carbons (Fsp3) is 0.875. The third kappa shape index (κ3) is 3.26. The van der Waals surface area contributed by atoms with Crippen molar-refractivity contribution in [3.63, 3.8) is 0 Å². The van der Waals surface area contributed by atoms with Gasteiger partial charge in [-0.2, -0.15) is 0 Å². The lowest BCUT2D eigenvalue weighted by molar-refractivity contribution is -0.119. The maximum absolute atomic E-state index is 11.0. The standard InChI is InChI=1S/C8H13BBrNO3/c1-13-5-2-7(9)14-6(5)4-11-8(12)3-10/h5-7H,2-4H2,1H3,(H,11,12)/t5?,6-,7-/m1/s1. The highest BCUT2D eigenvalue weighted by molar-refractivity contribution is 9.09. The van der Waals surface area contributed by atoms with Crippen molar-refractivity contribution >= 4 is 29.7 Å². The average molecular weight is 262 g/mol. The van der Waals surface area contributed by atoms with E-state index in [1.807, 2.05) is 0 Å². The van der Waals surface area contributed by atoms with Crippen LogP contribution in [-0.4, -0.2) is 50.9 Å². The minimum absolute atomic E-state index is 0.0272. The molecule has 78 valence electrons. The molecule has 0 aliphatic carbocycles. The number of methoxy groups -OCH3 is 1. The zero-order valence-electron chi connectivity index (χ0n) is 8.03. The van der Waals surface area contributed by atoms with E-state index in [1.165, 1.54) is 0 Å². The Morgan fingerprint density at radius 1 is 1.79 bits per heavy atom. The van der Waals surface area contributed by atoms with Gasteiger partial charge in [0.1, 0.15) is 14.0 Å². The summed E-state index contributed by atoms with van der Waals surface area (Å²) in [5.74, 6) is -0.0658. The molecule has 0 aromatic rings. The molecule has 1 heterocycles. The molecule has 0 bridgehead atoms. The normalized spacial score (nSPS) is 31.7. The third-order valence-corrected chi connectivity index (χ3v) is 2.66. The Labute approximate surface area is 93.2 Å². The van der Waals surface area contributed by atoms with Crippen molar-refractivity contribution in [1.29, 1.82) is 0 Å². The highest BCUT2D eigenvalue weighted by Gasteiger charge is 2.32. The summed E-state index contributed by atoms with van der Waals surface area (Å²) in [5, 5.41) is 3.01. The summed E-state index contributed by atoms with van der Waals surface area (Å²) in [4.78, 5) is 11.0. The lowest BCUT2D eigenvalue weighted by Crippen LogP contribution is -2.38. The highest BCUT2D eigenvalue weighted by atomic mass is 79.9. The molecule has 0 saturated carbocycles. The fourth-order valence-electron chi connectivity index (χ4n) is 1.44. The van der Waals surface area contributed by atoms with Gasteiger partial charge in [0.2, 0.25) is 5.91 Å². The van der Waals surface area contributed by atoms with Crippen molar-refractivity contribution in [2.24, 2.45) is 0 Å². The van der Waals surface area contributed by atoms with Gasteiger partial charge in [-0.1, -0.05) is 15.9 Å². The molecule has 1 aliphatic heterocycles. The summed E-state index contributed by atoms with van der Waals surface area (Å²) in [7, 11) is 7.22. The van der Waals surface area contributed by atoms with Crippen molar-refractivity contribution in [2.75, 3.05) is 19.0 Å². The smallest absolute Gasteiger partial charge is 0.230 e. The van der Waals surface area contributed by atoms with Crippen molar-refractivity contribution in [3.05, 3.63) is 0 Å². The van der Waals surface area contributed by atoms with E-state index in [0.29, 0.717) is 18.3 Å². The molecular formula is C8H13BBrNO3. The van der Waals surface area contributed by atoms with Gasteiger partial charge in [-0.05, 0) is 6.42 Å². The Hall–Kier alpha value is -0.0651. The number of halogens is 1. The summed E-state index contributed by atoms with van der Waals surface area (Å²) in [6, 6.07) is -0.286. The van der Waals surface area contributed by atoms with E-state index in [4.69, 9.17) is 17.3 Å². The molecule has 1 saturated heterocycles. The lowest BCUT2D eigenvalue weighted by atomic mass is 9.96. The Balaban J connectivity index is 2.32. The second-order valence-electron chi connectivity index (χ2n) is 3.16. The van der Waals surface area contributed by atoms with E-state index in [2.05, 4.69) is 21.2 Å². The van der Waals surface area contributed by atoms with Gasteiger partial charge in [0.15, 0.2) is 0 Å². The fourth-order valence-corrected chi connectivity index (χ4v) is 1.64. The predicted octanol–water partition coefficient (Wildman–Crippen LogP) is -0.204. The van der Waals surface area contributed by atoms with Crippen molar-refractivity contribution < 1.29 is 14.3 Å². The summed E-state index contributed by atoms with van der Waals surface area (Å²) in [6.45, 7) is 0.441. The van der Waals surface area contributed by atoms with E-state index < -0.39 is 0 Å². The molecule has 1 rings (SSSR count). The molecule has 6 heteroatoms. The van der Waals surface area contributed by atoms with Crippen LogP contribution in [0.25, 0.3) is 0 Å². The van der Waals surface area contributed by atoms with E-state index in [9.17, 15) is 4.79 Å². The van der Waals surface area contributed by atoms with Crippen LogP contribution in [0.2, 0.25) is 0 Å². The van der Waals surface area contributed by atoms with Crippen LogP contribution >= 0.6 is 15.9 Å². The maximum atomic E-state index is 11.0. The van der Waals surface area contributed by atoms with E-state index in [-0.39, 0.29) is 24.1 Å². The number of nitrogens with one attached hydrogen (secondary N) is 1. The summed E-state index contributed by atoms with van der Waals surface area (Å²) in [6.07, 6.45) is 0.504. The van der Waals surface area contributed by atoms with Gasteiger partial charge in [-0.15, -0.1) is 0 Å². The van der Waals surface area contributed by atoms with Crippen LogP contribution in [0.4, 0.5) is 0 Å². The van der Waals surface area contributed by atoms with Gasteiger partial charge in [-0.25, -0.2) is 0 Å². The number of amides is 1. The maximum Gasteiger partial charge on any atom is 0.230 e. The van der Waals surface area contributed by atoms with Crippen LogP contribution in [0, 0.1) is 0 Å². The Morgan fingerprint density at radius 3 is 3.07 bits per heavy atom. The van der Waals surface area contributed by atoms with Crippen molar-refractivity contribution in [2.45, 2.75) is 24.6 Å². The number of hydrogen-bond acceptors (Lipinski definition) is 3. The highest BCUT2D eigenvalue weighted by Crippen LogP contribution is 2.20. The third-order valence-electron chi connectivity index (χ3n) is 2.15. The first kappa shape index (κ1) is 12.0. The first-order chi connectivity index (χ1) is 6.67. The Morgan fingerprint density at radius 2 is 2.50 bits per heavy atom. The van der Waals surface area contributed by atoms with Crippen LogP contribution in [0.5, 0.6) is 0 Å². The molecule has 4 nitrogen and oxygen atoms in total. The van der Waals surface area contributed by atoms with Crippen LogP contribution in [0.3, 0.4) is 0 Å². The number of alkyl halides is 1. The predicted molar refractivity (Wildman–Crippen MR) is 56.6 cm³/mol. The first-order valence-corrected chi connectivity index (χ1v) is 5.56. The topological polar surface area (TPSA) is 47.6 Å². The number of hydrogen-bond donors (Lipinski definition) is 1. The molecule has 3 atom stereocenters. The number of carbonyl (C=O) groups is 1. The largest absolute Gasteiger partial charge is 0.380 e. The van der Waals surface area contributed by atoms with Gasteiger partial charge < -0.3 is 14.8 Å². The summed E-state index contributed by atoms with van der Waals surface area (Å²) < 4.78 is 10.6. The van der Waals surface area contributed by atoms with Crippen LogP contribution in [0.1, 0.15) is 6.42 Å². The van der Waals surface area contributed by atoms with E-state index in [1.54, 1.807) is 7.11 Å². The zero-order chi connectivity index (χ0) is 10.6. The average Bonchev–Trinajstić information content (AvgIpc) is 2.55.